The summed E-state index contributed by atoms with van der Waals surface area (Å²) in [5.41, 5.74) is 4.63. The monoisotopic (exact) mass is 424 g/mol. The number of hydrogen-bond donors (Lipinski definition) is 0. The minimum atomic E-state index is -4.33. The number of aryl methyl sites for hydroxylation is 2. The van der Waals surface area contributed by atoms with Crippen LogP contribution < -0.4 is 0 Å². The highest BCUT2D eigenvalue weighted by Crippen LogP contribution is 2.43. The number of benzene rings is 1. The van der Waals surface area contributed by atoms with E-state index in [1.807, 2.05) is 6.20 Å². The van der Waals surface area contributed by atoms with E-state index >= 15 is 0 Å². The van der Waals surface area contributed by atoms with Gasteiger partial charge in [0.15, 0.2) is 5.16 Å². The molecule has 2 aromatic heterocycles. The molecule has 0 atom stereocenters. The van der Waals surface area contributed by atoms with Crippen molar-refractivity contribution in [2.75, 3.05) is 6.26 Å². The second kappa shape index (κ2) is 7.48. The maximum absolute atomic E-state index is 12.9. The summed E-state index contributed by atoms with van der Waals surface area (Å²) in [7, 11) is 0. The van der Waals surface area contributed by atoms with Crippen LogP contribution in [-0.4, -0.2) is 16.2 Å². The van der Waals surface area contributed by atoms with Crippen LogP contribution in [0.15, 0.2) is 45.2 Å². The highest BCUT2D eigenvalue weighted by molar-refractivity contribution is 8.00. The molecular weight excluding hydrogens is 409 g/mol. The highest BCUT2D eigenvalue weighted by Gasteiger charge is 2.30. The van der Waals surface area contributed by atoms with Gasteiger partial charge in [-0.3, -0.25) is 0 Å². The molecule has 0 amide bonds. The Morgan fingerprint density at radius 1 is 1.19 bits per heavy atom. The van der Waals surface area contributed by atoms with Gasteiger partial charge in [-0.2, -0.15) is 13.2 Å². The van der Waals surface area contributed by atoms with Crippen molar-refractivity contribution in [1.82, 2.24) is 9.97 Å². The first kappa shape index (κ1) is 18.8. The summed E-state index contributed by atoms with van der Waals surface area (Å²) >= 11 is 4.82. The van der Waals surface area contributed by atoms with Gasteiger partial charge in [0, 0.05) is 17.5 Å². The van der Waals surface area contributed by atoms with E-state index in [0.29, 0.717) is 16.5 Å². The van der Waals surface area contributed by atoms with Gasteiger partial charge in [0.25, 0.3) is 0 Å². The first-order chi connectivity index (χ1) is 13.0. The molecule has 140 valence electrons. The molecule has 0 radical (unpaired) electrons. The topological polar surface area (TPSA) is 25.8 Å². The maximum Gasteiger partial charge on any atom is 0.416 e. The van der Waals surface area contributed by atoms with Crippen molar-refractivity contribution in [3.8, 4) is 11.3 Å². The van der Waals surface area contributed by atoms with E-state index in [-0.39, 0.29) is 0 Å². The van der Waals surface area contributed by atoms with Crippen LogP contribution in [0.1, 0.15) is 22.3 Å². The van der Waals surface area contributed by atoms with Crippen molar-refractivity contribution in [2.45, 2.75) is 34.1 Å². The number of aromatic nitrogens is 2. The average molecular weight is 425 g/mol. The lowest BCUT2D eigenvalue weighted by Crippen LogP contribution is -2.06. The van der Waals surface area contributed by atoms with Gasteiger partial charge in [-0.15, -0.1) is 23.1 Å². The largest absolute Gasteiger partial charge is 0.416 e. The number of fused-ring (bicyclic) bond motifs is 3. The second-order valence-corrected chi connectivity index (χ2v) is 9.04. The zero-order valence-corrected chi connectivity index (χ0v) is 16.8. The van der Waals surface area contributed by atoms with Crippen LogP contribution in [-0.2, 0) is 24.8 Å². The molecule has 3 aromatic rings. The van der Waals surface area contributed by atoms with E-state index in [9.17, 15) is 13.2 Å². The molecule has 0 aliphatic heterocycles. The van der Waals surface area contributed by atoms with E-state index in [1.54, 1.807) is 29.2 Å². The molecule has 0 N–H and O–H groups in total. The number of rotatable bonds is 4. The molecule has 1 aromatic carbocycles. The predicted molar refractivity (Wildman–Crippen MR) is 106 cm³/mol. The third kappa shape index (κ3) is 3.88. The fourth-order valence-corrected chi connectivity index (χ4v) is 5.62. The molecule has 1 aliphatic carbocycles. The Morgan fingerprint density at radius 3 is 2.78 bits per heavy atom. The summed E-state index contributed by atoms with van der Waals surface area (Å²) in [5.74, 6) is 0.397. The van der Waals surface area contributed by atoms with Crippen molar-refractivity contribution >= 4 is 34.9 Å². The van der Waals surface area contributed by atoms with E-state index in [4.69, 9.17) is 4.98 Å². The van der Waals surface area contributed by atoms with Crippen LogP contribution >= 0.6 is 34.9 Å². The van der Waals surface area contributed by atoms with Gasteiger partial charge in [0.05, 0.1) is 15.5 Å². The zero-order chi connectivity index (χ0) is 19.0. The highest BCUT2D eigenvalue weighted by atomic mass is 32.2. The van der Waals surface area contributed by atoms with Crippen molar-refractivity contribution in [1.29, 1.82) is 0 Å². The van der Waals surface area contributed by atoms with Crippen molar-refractivity contribution in [3.63, 3.8) is 0 Å². The molecule has 0 saturated carbocycles. The van der Waals surface area contributed by atoms with Gasteiger partial charge in [-0.25, -0.2) is 9.97 Å². The Morgan fingerprint density at radius 2 is 2.00 bits per heavy atom. The molecule has 2 heterocycles. The molecule has 2 nitrogen and oxygen atoms in total. The van der Waals surface area contributed by atoms with Gasteiger partial charge in [0.1, 0.15) is 0 Å². The number of hydrogen-bond acceptors (Lipinski definition) is 5. The van der Waals surface area contributed by atoms with Crippen molar-refractivity contribution < 1.29 is 13.2 Å². The smallest absolute Gasteiger partial charge is 0.231 e. The lowest BCUT2D eigenvalue weighted by molar-refractivity contribution is -0.137. The molecule has 0 unspecified atom stereocenters. The Kier molecular flexibility index (Phi) is 5.22. The summed E-state index contributed by atoms with van der Waals surface area (Å²) < 4.78 is 39.9. The van der Waals surface area contributed by atoms with Crippen LogP contribution in [0.3, 0.4) is 0 Å². The number of nitrogens with zero attached hydrogens (tertiary/aromatic N) is 2. The minimum Gasteiger partial charge on any atom is -0.231 e. The zero-order valence-electron chi connectivity index (χ0n) is 14.3. The summed E-state index contributed by atoms with van der Waals surface area (Å²) in [4.78, 5) is 9.16. The Bertz CT molecular complexity index is 969. The Hall–Kier alpha value is -1.51. The minimum absolute atomic E-state index is 0.397. The molecule has 1 aliphatic rings. The van der Waals surface area contributed by atoms with E-state index in [0.717, 1.165) is 30.2 Å². The fourth-order valence-electron chi connectivity index (χ4n) is 3.07. The van der Waals surface area contributed by atoms with Crippen LogP contribution in [0.25, 0.3) is 11.3 Å². The van der Waals surface area contributed by atoms with Gasteiger partial charge >= 0.3 is 6.18 Å². The third-order valence-corrected chi connectivity index (χ3v) is 7.50. The van der Waals surface area contributed by atoms with Crippen molar-refractivity contribution in [3.05, 3.63) is 58.1 Å². The third-order valence-electron chi connectivity index (χ3n) is 4.38. The number of alkyl halides is 3. The molecule has 0 spiro atoms. The molecule has 27 heavy (non-hydrogen) atoms. The van der Waals surface area contributed by atoms with Crippen LogP contribution in [0, 0.1) is 0 Å². The van der Waals surface area contributed by atoms with Gasteiger partial charge in [0.2, 0.25) is 0 Å². The summed E-state index contributed by atoms with van der Waals surface area (Å²) in [6.45, 7) is 0. The lowest BCUT2D eigenvalue weighted by Gasteiger charge is -2.17. The molecule has 0 bridgehead atoms. The van der Waals surface area contributed by atoms with Crippen LogP contribution in [0.2, 0.25) is 0 Å². The Labute approximate surface area is 167 Å². The SMILES string of the molecule is CSc1scc2c1-c1nc(SCc3cccc(C(F)(F)F)c3)ncc1CC2. The number of halogens is 3. The van der Waals surface area contributed by atoms with Gasteiger partial charge in [-0.1, -0.05) is 30.0 Å². The van der Waals surface area contributed by atoms with Gasteiger partial charge in [-0.05, 0) is 47.2 Å². The maximum atomic E-state index is 12.9. The van der Waals surface area contributed by atoms with Crippen LogP contribution in [0.5, 0.6) is 0 Å². The molecule has 8 heteroatoms. The quantitative estimate of drug-likeness (QED) is 0.361. The fraction of sp³-hybridized carbons (Fsp3) is 0.263. The van der Waals surface area contributed by atoms with Crippen molar-refractivity contribution in [2.24, 2.45) is 0 Å². The van der Waals surface area contributed by atoms with E-state index in [1.165, 1.54) is 39.2 Å². The molecule has 0 fully saturated rings. The van der Waals surface area contributed by atoms with E-state index in [2.05, 4.69) is 16.6 Å². The molecule has 4 rings (SSSR count). The normalized spacial score (nSPS) is 13.3. The summed E-state index contributed by atoms with van der Waals surface area (Å²) in [6.07, 6.45) is 1.52. The number of thioether (sulfide) groups is 2. The second-order valence-electron chi connectivity index (χ2n) is 6.14. The summed E-state index contributed by atoms with van der Waals surface area (Å²) in [6, 6.07) is 5.41. The predicted octanol–water partition coefficient (Wildman–Crippen LogP) is 6.34. The lowest BCUT2D eigenvalue weighted by atomic mass is 9.93. The first-order valence-corrected chi connectivity index (χ1v) is 11.3. The molecular formula is C19H15F3N2S3. The summed E-state index contributed by atoms with van der Waals surface area (Å²) in [5, 5.41) is 2.79. The number of thiophene rings is 1. The van der Waals surface area contributed by atoms with Gasteiger partial charge < -0.3 is 0 Å². The van der Waals surface area contributed by atoms with E-state index < -0.39 is 11.7 Å². The standard InChI is InChI=1S/C19H15F3N2S3/c1-25-17-15-13(10-26-17)6-5-12-8-23-18(24-16(12)15)27-9-11-3-2-4-14(7-11)19(20,21)22/h2-4,7-8,10H,5-6,9H2,1H3. The average Bonchev–Trinajstić information content (AvgIpc) is 3.09. The molecule has 0 saturated heterocycles. The van der Waals surface area contributed by atoms with Crippen LogP contribution in [0.4, 0.5) is 13.2 Å². The first-order valence-electron chi connectivity index (χ1n) is 8.25. The Balaban J connectivity index is 1.58.